The van der Waals surface area contributed by atoms with Crippen LogP contribution in [0.2, 0.25) is 0 Å². The standard InChI is InChI=1S/C13H19ClN2O/c1-16(2)12(10-15-13(17)8-9-14)11-6-4-3-5-7-11/h3-7,12H,8-10H2,1-2H3,(H,15,17). The van der Waals surface area contributed by atoms with Gasteiger partial charge < -0.3 is 10.2 Å². The normalized spacial score (nSPS) is 12.5. The first-order chi connectivity index (χ1) is 8.15. The third-order valence-corrected chi connectivity index (χ3v) is 2.81. The lowest BCUT2D eigenvalue weighted by atomic mass is 10.1. The molecule has 17 heavy (non-hydrogen) atoms. The number of amides is 1. The Labute approximate surface area is 108 Å². The number of nitrogens with zero attached hydrogens (tertiary/aromatic N) is 1. The maximum absolute atomic E-state index is 11.4. The largest absolute Gasteiger partial charge is 0.354 e. The van der Waals surface area contributed by atoms with Gasteiger partial charge in [-0.25, -0.2) is 0 Å². The fourth-order valence-electron chi connectivity index (χ4n) is 1.66. The molecule has 0 saturated carbocycles. The molecule has 0 heterocycles. The molecular weight excluding hydrogens is 236 g/mol. The Kier molecular flexibility index (Phi) is 6.01. The van der Waals surface area contributed by atoms with Crippen molar-refractivity contribution in [2.45, 2.75) is 12.5 Å². The molecule has 0 aliphatic heterocycles. The maximum Gasteiger partial charge on any atom is 0.221 e. The number of hydrogen-bond donors (Lipinski definition) is 1. The molecule has 1 amide bonds. The molecule has 94 valence electrons. The summed E-state index contributed by atoms with van der Waals surface area (Å²) in [6, 6.07) is 10.3. The van der Waals surface area contributed by atoms with Crippen molar-refractivity contribution in [3.8, 4) is 0 Å². The van der Waals surface area contributed by atoms with Gasteiger partial charge in [0.25, 0.3) is 0 Å². The molecule has 1 unspecified atom stereocenters. The van der Waals surface area contributed by atoms with E-state index in [1.54, 1.807) is 0 Å². The van der Waals surface area contributed by atoms with Gasteiger partial charge >= 0.3 is 0 Å². The van der Waals surface area contributed by atoms with E-state index in [9.17, 15) is 4.79 Å². The molecule has 0 spiro atoms. The second-order valence-corrected chi connectivity index (χ2v) is 4.51. The SMILES string of the molecule is CN(C)C(CNC(=O)CCCl)c1ccccc1. The zero-order chi connectivity index (χ0) is 12.7. The van der Waals surface area contributed by atoms with Crippen LogP contribution in [0.3, 0.4) is 0 Å². The molecule has 0 fully saturated rings. The van der Waals surface area contributed by atoms with E-state index in [0.717, 1.165) is 0 Å². The van der Waals surface area contributed by atoms with E-state index in [-0.39, 0.29) is 11.9 Å². The van der Waals surface area contributed by atoms with Crippen LogP contribution >= 0.6 is 11.6 Å². The van der Waals surface area contributed by atoms with E-state index in [0.29, 0.717) is 18.8 Å². The van der Waals surface area contributed by atoms with Gasteiger partial charge in [-0.3, -0.25) is 4.79 Å². The smallest absolute Gasteiger partial charge is 0.221 e. The van der Waals surface area contributed by atoms with E-state index in [4.69, 9.17) is 11.6 Å². The quantitative estimate of drug-likeness (QED) is 0.788. The average molecular weight is 255 g/mol. The number of alkyl halides is 1. The highest BCUT2D eigenvalue weighted by atomic mass is 35.5. The van der Waals surface area contributed by atoms with Gasteiger partial charge in [-0.15, -0.1) is 11.6 Å². The minimum Gasteiger partial charge on any atom is -0.354 e. The number of rotatable bonds is 6. The highest BCUT2D eigenvalue weighted by molar-refractivity contribution is 6.18. The van der Waals surface area contributed by atoms with Crippen LogP contribution in [0.4, 0.5) is 0 Å². The van der Waals surface area contributed by atoms with Gasteiger partial charge in [-0.1, -0.05) is 30.3 Å². The first kappa shape index (κ1) is 14.0. The Balaban J connectivity index is 2.59. The van der Waals surface area contributed by atoms with E-state index < -0.39 is 0 Å². The predicted molar refractivity (Wildman–Crippen MR) is 71.2 cm³/mol. The summed E-state index contributed by atoms with van der Waals surface area (Å²) in [6.45, 7) is 0.604. The number of likely N-dealkylation sites (N-methyl/N-ethyl adjacent to an activating group) is 1. The van der Waals surface area contributed by atoms with Crippen molar-refractivity contribution in [3.63, 3.8) is 0 Å². The topological polar surface area (TPSA) is 32.3 Å². The second kappa shape index (κ2) is 7.30. The van der Waals surface area contributed by atoms with Crippen molar-refractivity contribution < 1.29 is 4.79 Å². The van der Waals surface area contributed by atoms with E-state index in [2.05, 4.69) is 22.3 Å². The van der Waals surface area contributed by atoms with E-state index >= 15 is 0 Å². The predicted octanol–water partition coefficient (Wildman–Crippen LogP) is 2.03. The highest BCUT2D eigenvalue weighted by Crippen LogP contribution is 2.16. The number of nitrogens with one attached hydrogen (secondary N) is 1. The number of benzene rings is 1. The molecule has 1 N–H and O–H groups in total. The van der Waals surface area contributed by atoms with Crippen LogP contribution in [0, 0.1) is 0 Å². The fraction of sp³-hybridized carbons (Fsp3) is 0.462. The van der Waals surface area contributed by atoms with Crippen molar-refractivity contribution in [2.75, 3.05) is 26.5 Å². The Bertz CT molecular complexity index is 341. The summed E-state index contributed by atoms with van der Waals surface area (Å²) in [7, 11) is 4.01. The van der Waals surface area contributed by atoms with Gasteiger partial charge in [0.1, 0.15) is 0 Å². The lowest BCUT2D eigenvalue weighted by Gasteiger charge is -2.25. The van der Waals surface area contributed by atoms with E-state index in [1.165, 1.54) is 5.56 Å². The number of hydrogen-bond acceptors (Lipinski definition) is 2. The highest BCUT2D eigenvalue weighted by Gasteiger charge is 2.14. The van der Waals surface area contributed by atoms with Crippen molar-refractivity contribution in [3.05, 3.63) is 35.9 Å². The van der Waals surface area contributed by atoms with Gasteiger partial charge in [-0.2, -0.15) is 0 Å². The van der Waals surface area contributed by atoms with Gasteiger partial charge in [0.2, 0.25) is 5.91 Å². The molecule has 0 radical (unpaired) electrons. The number of carbonyl (C=O) groups is 1. The monoisotopic (exact) mass is 254 g/mol. The van der Waals surface area contributed by atoms with Crippen molar-refractivity contribution in [1.29, 1.82) is 0 Å². The molecule has 4 heteroatoms. The molecule has 1 atom stereocenters. The summed E-state index contributed by atoms with van der Waals surface area (Å²) < 4.78 is 0. The number of halogens is 1. The van der Waals surface area contributed by atoms with Crippen LogP contribution in [0.15, 0.2) is 30.3 Å². The Morgan fingerprint density at radius 1 is 1.35 bits per heavy atom. The fourth-order valence-corrected chi connectivity index (χ4v) is 1.83. The van der Waals surface area contributed by atoms with Crippen LogP contribution < -0.4 is 5.32 Å². The van der Waals surface area contributed by atoms with Crippen molar-refractivity contribution in [1.82, 2.24) is 10.2 Å². The molecule has 1 aromatic rings. The van der Waals surface area contributed by atoms with Crippen LogP contribution in [0.1, 0.15) is 18.0 Å². The zero-order valence-electron chi connectivity index (χ0n) is 10.3. The van der Waals surface area contributed by atoms with Crippen LogP contribution in [-0.4, -0.2) is 37.3 Å². The molecule has 3 nitrogen and oxygen atoms in total. The Hall–Kier alpha value is -1.06. The summed E-state index contributed by atoms with van der Waals surface area (Å²) in [6.07, 6.45) is 0.372. The first-order valence-electron chi connectivity index (χ1n) is 5.69. The van der Waals surface area contributed by atoms with Crippen molar-refractivity contribution >= 4 is 17.5 Å². The third kappa shape index (κ3) is 4.75. The Morgan fingerprint density at radius 3 is 2.53 bits per heavy atom. The van der Waals surface area contributed by atoms with Crippen molar-refractivity contribution in [2.24, 2.45) is 0 Å². The first-order valence-corrected chi connectivity index (χ1v) is 6.22. The van der Waals surface area contributed by atoms with Crippen LogP contribution in [-0.2, 0) is 4.79 Å². The molecule has 0 aliphatic carbocycles. The third-order valence-electron chi connectivity index (χ3n) is 2.62. The molecule has 0 aromatic heterocycles. The zero-order valence-corrected chi connectivity index (χ0v) is 11.1. The van der Waals surface area contributed by atoms with Gasteiger partial charge in [0.15, 0.2) is 0 Å². The summed E-state index contributed by atoms with van der Waals surface area (Å²) >= 11 is 5.52. The molecule has 1 aromatic carbocycles. The minimum atomic E-state index is 0.00258. The summed E-state index contributed by atoms with van der Waals surface area (Å²) in [5, 5.41) is 2.90. The van der Waals surface area contributed by atoms with Crippen LogP contribution in [0.5, 0.6) is 0 Å². The molecule has 0 bridgehead atoms. The van der Waals surface area contributed by atoms with Gasteiger partial charge in [0, 0.05) is 18.8 Å². The number of carbonyl (C=O) groups excluding carboxylic acids is 1. The summed E-state index contributed by atoms with van der Waals surface area (Å²) in [4.78, 5) is 13.5. The second-order valence-electron chi connectivity index (χ2n) is 4.13. The van der Waals surface area contributed by atoms with Gasteiger partial charge in [0.05, 0.1) is 6.04 Å². The molecule has 1 rings (SSSR count). The molecule has 0 aliphatic rings. The summed E-state index contributed by atoms with van der Waals surface area (Å²) in [5.74, 6) is 0.367. The molecular formula is C13H19ClN2O. The van der Waals surface area contributed by atoms with E-state index in [1.807, 2.05) is 32.3 Å². The van der Waals surface area contributed by atoms with Gasteiger partial charge in [-0.05, 0) is 19.7 Å². The maximum atomic E-state index is 11.4. The molecule has 0 saturated heterocycles. The Morgan fingerprint density at radius 2 is 2.00 bits per heavy atom. The lowest BCUT2D eigenvalue weighted by Crippen LogP contribution is -2.34. The minimum absolute atomic E-state index is 0.00258. The van der Waals surface area contributed by atoms with Crippen LogP contribution in [0.25, 0.3) is 0 Å². The summed E-state index contributed by atoms with van der Waals surface area (Å²) in [5.41, 5.74) is 1.20. The average Bonchev–Trinajstić information content (AvgIpc) is 2.30. The lowest BCUT2D eigenvalue weighted by molar-refractivity contribution is -0.120.